The van der Waals surface area contributed by atoms with Crippen LogP contribution in [0.2, 0.25) is 5.02 Å². The van der Waals surface area contributed by atoms with Crippen LogP contribution in [-0.4, -0.2) is 12.6 Å². The van der Waals surface area contributed by atoms with Gasteiger partial charge in [-0.25, -0.2) is 4.39 Å². The van der Waals surface area contributed by atoms with Crippen LogP contribution in [0.15, 0.2) is 18.2 Å². The van der Waals surface area contributed by atoms with Crippen molar-refractivity contribution in [3.8, 4) is 0 Å². The monoisotopic (exact) mass is 271 g/mol. The first-order valence-corrected chi connectivity index (χ1v) is 6.91. The van der Waals surface area contributed by atoms with Crippen LogP contribution >= 0.6 is 11.6 Å². The normalized spacial score (nSPS) is 14.8. The molecular formula is C15H23ClFN. The Morgan fingerprint density at radius 1 is 1.39 bits per heavy atom. The fourth-order valence-electron chi connectivity index (χ4n) is 1.91. The van der Waals surface area contributed by atoms with Crippen molar-refractivity contribution >= 4 is 11.6 Å². The van der Waals surface area contributed by atoms with E-state index in [0.717, 1.165) is 24.9 Å². The van der Waals surface area contributed by atoms with Gasteiger partial charge in [-0.3, -0.25) is 0 Å². The van der Waals surface area contributed by atoms with Crippen LogP contribution in [0, 0.1) is 11.2 Å². The molecule has 0 heterocycles. The molecule has 1 rings (SSSR count). The molecule has 18 heavy (non-hydrogen) atoms. The fourth-order valence-corrected chi connectivity index (χ4v) is 2.11. The Balaban J connectivity index is 2.74. The quantitative estimate of drug-likeness (QED) is 0.807. The van der Waals surface area contributed by atoms with Crippen LogP contribution in [0.3, 0.4) is 0 Å². The van der Waals surface area contributed by atoms with E-state index in [0.29, 0.717) is 6.04 Å². The molecule has 0 fully saturated rings. The van der Waals surface area contributed by atoms with Crippen LogP contribution in [-0.2, 0) is 6.42 Å². The van der Waals surface area contributed by atoms with Gasteiger partial charge in [-0.05, 0) is 36.0 Å². The van der Waals surface area contributed by atoms with Crippen LogP contribution in [0.25, 0.3) is 0 Å². The number of halogens is 2. The summed E-state index contributed by atoms with van der Waals surface area (Å²) in [6.45, 7) is 9.68. The summed E-state index contributed by atoms with van der Waals surface area (Å²) in [5.41, 5.74) is 1.27. The van der Waals surface area contributed by atoms with Crippen LogP contribution in [0.4, 0.5) is 4.39 Å². The number of benzene rings is 1. The summed E-state index contributed by atoms with van der Waals surface area (Å²) in [4.78, 5) is 0. The molecule has 1 N–H and O–H groups in total. The Hall–Kier alpha value is -0.600. The van der Waals surface area contributed by atoms with E-state index in [1.165, 1.54) is 6.07 Å². The Labute approximate surface area is 115 Å². The second-order valence-corrected chi connectivity index (χ2v) is 6.03. The fraction of sp³-hybridized carbons (Fsp3) is 0.600. The highest BCUT2D eigenvalue weighted by atomic mass is 35.5. The molecule has 0 amide bonds. The largest absolute Gasteiger partial charge is 0.314 e. The molecule has 1 unspecified atom stereocenters. The van der Waals surface area contributed by atoms with E-state index in [-0.39, 0.29) is 16.3 Å². The van der Waals surface area contributed by atoms with Crippen molar-refractivity contribution in [2.24, 2.45) is 5.41 Å². The summed E-state index contributed by atoms with van der Waals surface area (Å²) in [7, 11) is 0. The van der Waals surface area contributed by atoms with Gasteiger partial charge in [0.15, 0.2) is 0 Å². The molecule has 0 saturated heterocycles. The minimum atomic E-state index is -0.348. The van der Waals surface area contributed by atoms with E-state index in [2.05, 4.69) is 33.0 Å². The lowest BCUT2D eigenvalue weighted by Gasteiger charge is -2.30. The maximum atomic E-state index is 13.1. The number of hydrogen-bond acceptors (Lipinski definition) is 1. The predicted molar refractivity (Wildman–Crippen MR) is 76.7 cm³/mol. The molecule has 1 aromatic rings. The summed E-state index contributed by atoms with van der Waals surface area (Å²) in [5, 5.41) is 3.69. The lowest BCUT2D eigenvalue weighted by Crippen LogP contribution is -2.36. The van der Waals surface area contributed by atoms with Gasteiger partial charge >= 0.3 is 0 Å². The zero-order chi connectivity index (χ0) is 13.8. The summed E-state index contributed by atoms with van der Waals surface area (Å²) >= 11 is 5.82. The second-order valence-electron chi connectivity index (χ2n) is 5.63. The minimum absolute atomic E-state index is 0.172. The topological polar surface area (TPSA) is 12.0 Å². The van der Waals surface area contributed by atoms with Gasteiger partial charge in [0.25, 0.3) is 0 Å². The zero-order valence-corrected chi connectivity index (χ0v) is 12.4. The smallest absolute Gasteiger partial charge is 0.141 e. The first-order valence-electron chi connectivity index (χ1n) is 6.53. The molecule has 0 radical (unpaired) electrons. The molecule has 0 saturated carbocycles. The highest BCUT2D eigenvalue weighted by molar-refractivity contribution is 6.30. The summed E-state index contributed by atoms with van der Waals surface area (Å²) in [5.74, 6) is -0.348. The van der Waals surface area contributed by atoms with E-state index in [1.54, 1.807) is 6.07 Å². The highest BCUT2D eigenvalue weighted by Gasteiger charge is 2.23. The van der Waals surface area contributed by atoms with Crippen molar-refractivity contribution in [2.75, 3.05) is 6.54 Å². The average Bonchev–Trinajstić information content (AvgIpc) is 2.31. The van der Waals surface area contributed by atoms with Gasteiger partial charge in [0.05, 0.1) is 5.02 Å². The molecule has 0 aromatic heterocycles. The van der Waals surface area contributed by atoms with E-state index < -0.39 is 0 Å². The Kier molecular flexibility index (Phi) is 5.61. The van der Waals surface area contributed by atoms with Gasteiger partial charge in [0.2, 0.25) is 0 Å². The van der Waals surface area contributed by atoms with Gasteiger partial charge in [0.1, 0.15) is 5.82 Å². The number of hydrogen-bond donors (Lipinski definition) is 1. The maximum Gasteiger partial charge on any atom is 0.141 e. The first-order chi connectivity index (χ1) is 8.36. The van der Waals surface area contributed by atoms with Gasteiger partial charge in [-0.15, -0.1) is 0 Å². The molecule has 1 nitrogen and oxygen atoms in total. The molecule has 0 aliphatic heterocycles. The first kappa shape index (κ1) is 15.5. The van der Waals surface area contributed by atoms with E-state index in [1.807, 2.05) is 6.07 Å². The lowest BCUT2D eigenvalue weighted by atomic mass is 9.81. The third-order valence-corrected chi connectivity index (χ3v) is 3.70. The van der Waals surface area contributed by atoms with Gasteiger partial charge < -0.3 is 5.32 Å². The van der Waals surface area contributed by atoms with Crippen molar-refractivity contribution in [1.29, 1.82) is 0 Å². The second kappa shape index (κ2) is 6.53. The molecule has 0 bridgehead atoms. The van der Waals surface area contributed by atoms with Crippen LogP contribution in [0.5, 0.6) is 0 Å². The molecule has 1 atom stereocenters. The average molecular weight is 272 g/mol. The van der Waals surface area contributed by atoms with E-state index in [4.69, 9.17) is 11.6 Å². The highest BCUT2D eigenvalue weighted by Crippen LogP contribution is 2.27. The van der Waals surface area contributed by atoms with E-state index in [9.17, 15) is 4.39 Å². The van der Waals surface area contributed by atoms with Gasteiger partial charge in [-0.1, -0.05) is 45.4 Å². The Morgan fingerprint density at radius 3 is 2.56 bits per heavy atom. The predicted octanol–water partition coefficient (Wildman–Crippen LogP) is 4.44. The van der Waals surface area contributed by atoms with Crippen molar-refractivity contribution < 1.29 is 4.39 Å². The SMILES string of the molecule is CCC(C)(CNC(C)C)Cc1ccc(F)c(Cl)c1. The van der Waals surface area contributed by atoms with Crippen molar-refractivity contribution in [2.45, 2.75) is 46.6 Å². The number of nitrogens with one attached hydrogen (secondary N) is 1. The molecule has 0 aliphatic rings. The van der Waals surface area contributed by atoms with Crippen LogP contribution in [0.1, 0.15) is 39.7 Å². The molecule has 3 heteroatoms. The maximum absolute atomic E-state index is 13.1. The molecule has 0 spiro atoms. The zero-order valence-electron chi connectivity index (χ0n) is 11.7. The summed E-state index contributed by atoms with van der Waals surface area (Å²) in [6, 6.07) is 5.49. The minimum Gasteiger partial charge on any atom is -0.314 e. The summed E-state index contributed by atoms with van der Waals surface area (Å²) in [6.07, 6.45) is 1.98. The Bertz CT molecular complexity index is 392. The lowest BCUT2D eigenvalue weighted by molar-refractivity contribution is 0.281. The standard InChI is InChI=1S/C15H23ClFN/c1-5-15(4,10-18-11(2)3)9-12-6-7-14(17)13(16)8-12/h6-8,11,18H,5,9-10H2,1-4H3. The third-order valence-electron chi connectivity index (χ3n) is 3.41. The van der Waals surface area contributed by atoms with Crippen molar-refractivity contribution in [1.82, 2.24) is 5.32 Å². The molecule has 1 aromatic carbocycles. The third kappa shape index (κ3) is 4.58. The molecule has 0 aliphatic carbocycles. The summed E-state index contributed by atoms with van der Waals surface area (Å²) < 4.78 is 13.1. The molecule has 102 valence electrons. The number of rotatable bonds is 6. The Morgan fingerprint density at radius 2 is 2.06 bits per heavy atom. The van der Waals surface area contributed by atoms with E-state index >= 15 is 0 Å². The van der Waals surface area contributed by atoms with Crippen molar-refractivity contribution in [3.05, 3.63) is 34.6 Å². The van der Waals surface area contributed by atoms with Gasteiger partial charge in [-0.2, -0.15) is 0 Å². The van der Waals surface area contributed by atoms with Crippen molar-refractivity contribution in [3.63, 3.8) is 0 Å². The van der Waals surface area contributed by atoms with Crippen LogP contribution < -0.4 is 5.32 Å². The molecular weight excluding hydrogens is 249 g/mol. The van der Waals surface area contributed by atoms with Gasteiger partial charge in [0, 0.05) is 12.6 Å².